The second kappa shape index (κ2) is 9.70. The maximum Gasteiger partial charge on any atom is 0.227 e. The number of nitrogens with one attached hydrogen (secondary N) is 1. The molecule has 0 spiro atoms. The molecule has 0 aliphatic heterocycles. The van der Waals surface area contributed by atoms with E-state index in [9.17, 15) is 9.18 Å². The minimum absolute atomic E-state index is 0. The van der Waals surface area contributed by atoms with Crippen molar-refractivity contribution in [1.82, 2.24) is 0 Å². The quantitative estimate of drug-likeness (QED) is 0.796. The molecule has 0 heterocycles. The summed E-state index contributed by atoms with van der Waals surface area (Å²) in [6.45, 7) is 0.256. The molecule has 1 unspecified atom stereocenters. The van der Waals surface area contributed by atoms with Crippen molar-refractivity contribution in [2.75, 3.05) is 19.0 Å². The van der Waals surface area contributed by atoms with E-state index in [4.69, 9.17) is 15.2 Å². The zero-order valence-corrected chi connectivity index (χ0v) is 14.0. The average Bonchev–Trinajstić information content (AvgIpc) is 3.00. The number of nitrogens with two attached hydrogens (primary N) is 1. The summed E-state index contributed by atoms with van der Waals surface area (Å²) in [6, 6.07) is 4.46. The van der Waals surface area contributed by atoms with Crippen molar-refractivity contribution < 1.29 is 18.7 Å². The SMILES string of the molecule is COC(CN)CC(=O)Nc1ccc(OC2CCCC2)c(F)c1.Cl. The molecular formula is C16H24ClFN2O3. The van der Waals surface area contributed by atoms with Gasteiger partial charge in [-0.15, -0.1) is 12.4 Å². The van der Waals surface area contributed by atoms with Crippen LogP contribution >= 0.6 is 12.4 Å². The third kappa shape index (κ3) is 5.97. The lowest BCUT2D eigenvalue weighted by molar-refractivity contribution is -0.118. The van der Waals surface area contributed by atoms with E-state index >= 15 is 0 Å². The average molecular weight is 347 g/mol. The number of carbonyl (C=O) groups is 1. The number of benzene rings is 1. The molecule has 7 heteroatoms. The molecule has 0 radical (unpaired) electrons. The van der Waals surface area contributed by atoms with E-state index in [1.807, 2.05) is 0 Å². The number of halogens is 2. The lowest BCUT2D eigenvalue weighted by Crippen LogP contribution is -2.28. The second-order valence-corrected chi connectivity index (χ2v) is 5.52. The number of amides is 1. The Labute approximate surface area is 142 Å². The first-order valence-electron chi connectivity index (χ1n) is 7.61. The first-order chi connectivity index (χ1) is 10.6. The molecule has 1 aromatic carbocycles. The number of hydrogen-bond donors (Lipinski definition) is 2. The molecule has 1 aliphatic carbocycles. The summed E-state index contributed by atoms with van der Waals surface area (Å²) in [6.07, 6.45) is 4.08. The summed E-state index contributed by atoms with van der Waals surface area (Å²) in [4.78, 5) is 11.8. The van der Waals surface area contributed by atoms with Crippen molar-refractivity contribution in [2.45, 2.75) is 44.3 Å². The van der Waals surface area contributed by atoms with Crippen LogP contribution in [0.3, 0.4) is 0 Å². The molecule has 2 rings (SSSR count). The highest BCUT2D eigenvalue weighted by Crippen LogP contribution is 2.27. The molecule has 1 amide bonds. The summed E-state index contributed by atoms with van der Waals surface area (Å²) >= 11 is 0. The van der Waals surface area contributed by atoms with Gasteiger partial charge in [0.1, 0.15) is 0 Å². The van der Waals surface area contributed by atoms with Crippen LogP contribution in [-0.4, -0.2) is 31.8 Å². The standard InChI is InChI=1S/C16H23FN2O3.ClH/c1-21-13(10-18)9-16(20)19-11-6-7-15(14(17)8-11)22-12-4-2-3-5-12;/h6-8,12-13H,2-5,9-10,18H2,1H3,(H,19,20);1H. The van der Waals surface area contributed by atoms with Crippen LogP contribution in [0.25, 0.3) is 0 Å². The zero-order chi connectivity index (χ0) is 15.9. The van der Waals surface area contributed by atoms with Crippen LogP contribution in [0.5, 0.6) is 5.75 Å². The van der Waals surface area contributed by atoms with Gasteiger partial charge in [-0.25, -0.2) is 4.39 Å². The van der Waals surface area contributed by atoms with Gasteiger partial charge in [-0.2, -0.15) is 0 Å². The van der Waals surface area contributed by atoms with E-state index in [0.29, 0.717) is 5.69 Å². The first-order valence-corrected chi connectivity index (χ1v) is 7.61. The van der Waals surface area contributed by atoms with Crippen LogP contribution in [0.15, 0.2) is 18.2 Å². The Morgan fingerprint density at radius 3 is 2.70 bits per heavy atom. The van der Waals surface area contributed by atoms with Crippen molar-refractivity contribution in [1.29, 1.82) is 0 Å². The van der Waals surface area contributed by atoms with Gasteiger partial charge in [0.05, 0.1) is 18.6 Å². The van der Waals surface area contributed by atoms with E-state index in [1.165, 1.54) is 13.2 Å². The normalized spacial score (nSPS) is 15.8. The summed E-state index contributed by atoms with van der Waals surface area (Å²) in [5, 5.41) is 2.63. The molecule has 0 bridgehead atoms. The molecule has 0 saturated heterocycles. The molecule has 3 N–H and O–H groups in total. The molecule has 1 aliphatic rings. The molecule has 1 atom stereocenters. The van der Waals surface area contributed by atoms with Crippen LogP contribution in [0.4, 0.5) is 10.1 Å². The minimum atomic E-state index is -0.466. The number of methoxy groups -OCH3 is 1. The molecule has 1 aromatic rings. The first kappa shape index (κ1) is 19.7. The van der Waals surface area contributed by atoms with Crippen molar-refractivity contribution >= 4 is 24.0 Å². The van der Waals surface area contributed by atoms with E-state index in [0.717, 1.165) is 25.7 Å². The van der Waals surface area contributed by atoms with Gasteiger partial charge in [0, 0.05) is 25.4 Å². The topological polar surface area (TPSA) is 73.6 Å². The van der Waals surface area contributed by atoms with E-state index < -0.39 is 5.82 Å². The molecule has 1 saturated carbocycles. The van der Waals surface area contributed by atoms with Gasteiger partial charge < -0.3 is 20.5 Å². The van der Waals surface area contributed by atoms with Crippen molar-refractivity contribution in [3.05, 3.63) is 24.0 Å². The van der Waals surface area contributed by atoms with Crippen LogP contribution in [0.2, 0.25) is 0 Å². The maximum absolute atomic E-state index is 14.0. The highest BCUT2D eigenvalue weighted by molar-refractivity contribution is 5.91. The predicted molar refractivity (Wildman–Crippen MR) is 89.6 cm³/mol. The number of rotatable bonds is 7. The van der Waals surface area contributed by atoms with Gasteiger partial charge in [-0.05, 0) is 37.8 Å². The summed E-state index contributed by atoms with van der Waals surface area (Å²) in [7, 11) is 1.50. The number of ether oxygens (including phenoxy) is 2. The number of carbonyl (C=O) groups excluding carboxylic acids is 1. The Kier molecular flexibility index (Phi) is 8.30. The van der Waals surface area contributed by atoms with Crippen LogP contribution in [0, 0.1) is 5.82 Å². The Balaban J connectivity index is 0.00000264. The third-order valence-electron chi connectivity index (χ3n) is 3.82. The maximum atomic E-state index is 14.0. The molecule has 1 fully saturated rings. The van der Waals surface area contributed by atoms with Gasteiger partial charge in [-0.3, -0.25) is 4.79 Å². The fourth-order valence-electron chi connectivity index (χ4n) is 2.54. The monoisotopic (exact) mass is 346 g/mol. The smallest absolute Gasteiger partial charge is 0.227 e. The molecule has 0 aromatic heterocycles. The third-order valence-corrected chi connectivity index (χ3v) is 3.82. The fourth-order valence-corrected chi connectivity index (χ4v) is 2.54. The van der Waals surface area contributed by atoms with Crippen molar-refractivity contribution in [2.24, 2.45) is 5.73 Å². The molecule has 130 valence electrons. The van der Waals surface area contributed by atoms with Gasteiger partial charge in [0.2, 0.25) is 5.91 Å². The Morgan fingerprint density at radius 2 is 2.13 bits per heavy atom. The Morgan fingerprint density at radius 1 is 1.43 bits per heavy atom. The predicted octanol–water partition coefficient (Wildman–Crippen LogP) is 2.87. The highest BCUT2D eigenvalue weighted by atomic mass is 35.5. The zero-order valence-electron chi connectivity index (χ0n) is 13.2. The molecule has 23 heavy (non-hydrogen) atoms. The number of hydrogen-bond acceptors (Lipinski definition) is 4. The van der Waals surface area contributed by atoms with Crippen molar-refractivity contribution in [3.8, 4) is 5.75 Å². The number of anilines is 1. The lowest BCUT2D eigenvalue weighted by Gasteiger charge is -2.15. The summed E-state index contributed by atoms with van der Waals surface area (Å²) < 4.78 is 24.7. The highest BCUT2D eigenvalue weighted by Gasteiger charge is 2.18. The van der Waals surface area contributed by atoms with E-state index in [-0.39, 0.29) is 49.2 Å². The van der Waals surface area contributed by atoms with Crippen LogP contribution in [-0.2, 0) is 9.53 Å². The van der Waals surface area contributed by atoms with Crippen LogP contribution < -0.4 is 15.8 Å². The van der Waals surface area contributed by atoms with E-state index in [2.05, 4.69) is 5.32 Å². The van der Waals surface area contributed by atoms with Gasteiger partial charge in [-0.1, -0.05) is 0 Å². The van der Waals surface area contributed by atoms with Gasteiger partial charge in [0.15, 0.2) is 11.6 Å². The van der Waals surface area contributed by atoms with E-state index in [1.54, 1.807) is 12.1 Å². The largest absolute Gasteiger partial charge is 0.487 e. The summed E-state index contributed by atoms with van der Waals surface area (Å²) in [5.74, 6) is -0.491. The molecular weight excluding hydrogens is 323 g/mol. The minimum Gasteiger partial charge on any atom is -0.487 e. The van der Waals surface area contributed by atoms with Gasteiger partial charge >= 0.3 is 0 Å². The Bertz CT molecular complexity index is 506. The molecule has 5 nitrogen and oxygen atoms in total. The fraction of sp³-hybridized carbons (Fsp3) is 0.562. The van der Waals surface area contributed by atoms with Crippen LogP contribution in [0.1, 0.15) is 32.1 Å². The Hall–Kier alpha value is -1.37. The lowest BCUT2D eigenvalue weighted by atomic mass is 10.2. The van der Waals surface area contributed by atoms with Crippen molar-refractivity contribution in [3.63, 3.8) is 0 Å². The van der Waals surface area contributed by atoms with Gasteiger partial charge in [0.25, 0.3) is 0 Å². The second-order valence-electron chi connectivity index (χ2n) is 5.52. The summed E-state index contributed by atoms with van der Waals surface area (Å²) in [5.41, 5.74) is 5.86.